The third-order valence-corrected chi connectivity index (χ3v) is 6.20. The highest BCUT2D eigenvalue weighted by atomic mass is 79.9. The molecule has 0 unspecified atom stereocenters. The van der Waals surface area contributed by atoms with Gasteiger partial charge in [0.05, 0.1) is 11.3 Å². The van der Waals surface area contributed by atoms with Crippen LogP contribution in [0.3, 0.4) is 0 Å². The van der Waals surface area contributed by atoms with Crippen molar-refractivity contribution in [1.29, 1.82) is 0 Å². The highest BCUT2D eigenvalue weighted by Crippen LogP contribution is 2.50. The molecule has 33 heavy (non-hydrogen) atoms. The number of alkyl halides is 6. The van der Waals surface area contributed by atoms with Crippen LogP contribution >= 0.6 is 27.5 Å². The summed E-state index contributed by atoms with van der Waals surface area (Å²) in [5, 5.41) is 3.96. The predicted octanol–water partition coefficient (Wildman–Crippen LogP) is 8.47. The number of benzene rings is 2. The van der Waals surface area contributed by atoms with Gasteiger partial charge >= 0.3 is 12.4 Å². The maximum Gasteiger partial charge on any atom is 0.435 e. The van der Waals surface area contributed by atoms with E-state index in [2.05, 4.69) is 21.1 Å². The second kappa shape index (κ2) is 9.84. The average Bonchev–Trinajstić information content (AvgIpc) is 3.18. The van der Waals surface area contributed by atoms with E-state index in [0.29, 0.717) is 35.7 Å². The lowest BCUT2D eigenvalue weighted by molar-refractivity contribution is -0.276. The van der Waals surface area contributed by atoms with Crippen molar-refractivity contribution in [3.8, 4) is 0 Å². The van der Waals surface area contributed by atoms with Gasteiger partial charge in [-0.15, -0.1) is 0 Å². The number of hydrogen-bond acceptors (Lipinski definition) is 2. The highest BCUT2D eigenvalue weighted by Gasteiger charge is 2.62. The molecule has 0 spiro atoms. The Balaban J connectivity index is 1.90. The van der Waals surface area contributed by atoms with E-state index in [1.165, 1.54) is 6.07 Å². The second-order valence-electron chi connectivity index (χ2n) is 7.72. The molecule has 0 aliphatic carbocycles. The first-order valence-electron chi connectivity index (χ1n) is 10.0. The van der Waals surface area contributed by atoms with Crippen LogP contribution in [0.1, 0.15) is 47.9 Å². The molecule has 1 aliphatic rings. The summed E-state index contributed by atoms with van der Waals surface area (Å²) in [5.41, 5.74) is 3.21. The minimum absolute atomic E-state index is 0.0662. The Morgan fingerprint density at radius 1 is 1.03 bits per heavy atom. The SMILES string of the molecule is [NH-]CCCCCc1ccc(C2=NO[C@@](c3cc(Br)cc(C(F)(F)F)c3)(C(F)(F)F)C2)cc1Cl. The van der Waals surface area contributed by atoms with Crippen LogP contribution in [0.2, 0.25) is 5.02 Å². The quantitative estimate of drug-likeness (QED) is 0.249. The van der Waals surface area contributed by atoms with Gasteiger partial charge in [0, 0.05) is 27.0 Å². The molecule has 11 heteroatoms. The molecule has 1 aliphatic heterocycles. The second-order valence-corrected chi connectivity index (χ2v) is 9.05. The zero-order chi connectivity index (χ0) is 24.4. The largest absolute Gasteiger partial charge is 0.677 e. The Morgan fingerprint density at radius 2 is 1.76 bits per heavy atom. The van der Waals surface area contributed by atoms with Gasteiger partial charge in [-0.25, -0.2) is 0 Å². The number of hydrogen-bond donors (Lipinski definition) is 0. The molecule has 1 N–H and O–H groups in total. The maximum absolute atomic E-state index is 14.2. The molecule has 0 amide bonds. The average molecular weight is 557 g/mol. The lowest BCUT2D eigenvalue weighted by Gasteiger charge is -2.30. The summed E-state index contributed by atoms with van der Waals surface area (Å²) in [6, 6.07) is 6.83. The van der Waals surface area contributed by atoms with Gasteiger partial charge in [0.15, 0.2) is 0 Å². The Morgan fingerprint density at radius 3 is 2.36 bits per heavy atom. The van der Waals surface area contributed by atoms with E-state index in [-0.39, 0.29) is 10.2 Å². The number of aryl methyl sites for hydroxylation is 1. The standard InChI is InChI=1S/C22H19BrClF6N2O/c23-17-10-15(9-16(11-17)21(25,26)27)20(22(28,29)30)12-19(32-33-20)14-6-5-13(18(24)8-14)4-2-1-3-7-31/h5-6,8-11,31H,1-4,7,12H2/q-1/t20-/m0/s1. The van der Waals surface area contributed by atoms with E-state index in [1.54, 1.807) is 12.1 Å². The van der Waals surface area contributed by atoms with E-state index >= 15 is 0 Å². The molecule has 1 atom stereocenters. The Hall–Kier alpha value is -1.78. The van der Waals surface area contributed by atoms with Crippen molar-refractivity contribution in [2.75, 3.05) is 6.54 Å². The zero-order valence-electron chi connectivity index (χ0n) is 17.1. The molecule has 2 aromatic rings. The number of oxime groups is 1. The summed E-state index contributed by atoms with van der Waals surface area (Å²) in [7, 11) is 0. The summed E-state index contributed by atoms with van der Waals surface area (Å²) in [5.74, 6) is 0. The van der Waals surface area contributed by atoms with Crippen LogP contribution in [0.5, 0.6) is 0 Å². The van der Waals surface area contributed by atoms with Gasteiger partial charge in [0.1, 0.15) is 0 Å². The first kappa shape index (κ1) is 25.8. The molecule has 3 rings (SSSR count). The van der Waals surface area contributed by atoms with Gasteiger partial charge in [-0.3, -0.25) is 0 Å². The van der Waals surface area contributed by atoms with Crippen LogP contribution in [0.15, 0.2) is 46.0 Å². The van der Waals surface area contributed by atoms with Gasteiger partial charge < -0.3 is 10.6 Å². The first-order chi connectivity index (χ1) is 15.4. The number of nitrogens with one attached hydrogen (secondary N) is 1. The van der Waals surface area contributed by atoms with Gasteiger partial charge in [-0.2, -0.15) is 32.9 Å². The third-order valence-electron chi connectivity index (χ3n) is 5.39. The fourth-order valence-electron chi connectivity index (χ4n) is 3.59. The molecule has 0 saturated carbocycles. The fraction of sp³-hybridized carbons (Fsp3) is 0.409. The normalized spacial score (nSPS) is 18.9. The lowest BCUT2D eigenvalue weighted by Crippen LogP contribution is -2.43. The smallest absolute Gasteiger partial charge is 0.435 e. The summed E-state index contributed by atoms with van der Waals surface area (Å²) in [4.78, 5) is 4.86. The number of halogens is 8. The predicted molar refractivity (Wildman–Crippen MR) is 117 cm³/mol. The molecule has 3 nitrogen and oxygen atoms in total. The zero-order valence-corrected chi connectivity index (χ0v) is 19.4. The minimum atomic E-state index is -5.04. The summed E-state index contributed by atoms with van der Waals surface area (Å²) >= 11 is 9.17. The fourth-order valence-corrected chi connectivity index (χ4v) is 4.36. The van der Waals surface area contributed by atoms with Crippen molar-refractivity contribution in [2.24, 2.45) is 5.16 Å². The van der Waals surface area contributed by atoms with Crippen molar-refractivity contribution in [1.82, 2.24) is 0 Å². The van der Waals surface area contributed by atoms with Crippen LogP contribution in [0.4, 0.5) is 26.3 Å². The van der Waals surface area contributed by atoms with E-state index in [4.69, 9.17) is 22.2 Å². The van der Waals surface area contributed by atoms with Crippen LogP contribution < -0.4 is 0 Å². The Kier molecular flexibility index (Phi) is 7.70. The molecular formula is C22H19BrClF6N2O-. The molecule has 1 heterocycles. The summed E-state index contributed by atoms with van der Waals surface area (Å²) in [6.45, 7) is 0.343. The minimum Gasteiger partial charge on any atom is -0.677 e. The van der Waals surface area contributed by atoms with Crippen molar-refractivity contribution < 1.29 is 31.2 Å². The van der Waals surface area contributed by atoms with Crippen molar-refractivity contribution in [3.63, 3.8) is 0 Å². The number of rotatable bonds is 7. The van der Waals surface area contributed by atoms with Crippen molar-refractivity contribution in [2.45, 2.75) is 50.1 Å². The van der Waals surface area contributed by atoms with E-state index in [9.17, 15) is 26.3 Å². The lowest BCUT2D eigenvalue weighted by atomic mass is 9.85. The third kappa shape index (κ3) is 5.66. The molecule has 0 saturated heterocycles. The van der Waals surface area contributed by atoms with Gasteiger partial charge in [0.25, 0.3) is 5.60 Å². The van der Waals surface area contributed by atoms with Crippen molar-refractivity contribution >= 4 is 33.2 Å². The van der Waals surface area contributed by atoms with Crippen LogP contribution in [0, 0.1) is 0 Å². The van der Waals surface area contributed by atoms with E-state index in [0.717, 1.165) is 30.9 Å². The number of unbranched alkanes of at least 4 members (excludes halogenated alkanes) is 2. The molecule has 0 aromatic heterocycles. The van der Waals surface area contributed by atoms with Gasteiger partial charge in [-0.1, -0.05) is 57.7 Å². The monoisotopic (exact) mass is 555 g/mol. The van der Waals surface area contributed by atoms with E-state index < -0.39 is 35.5 Å². The van der Waals surface area contributed by atoms with Crippen molar-refractivity contribution in [3.05, 3.63) is 73.9 Å². The highest BCUT2D eigenvalue weighted by molar-refractivity contribution is 9.10. The molecule has 0 bridgehead atoms. The van der Waals surface area contributed by atoms with Crippen LogP contribution in [-0.4, -0.2) is 18.4 Å². The molecular weight excluding hydrogens is 538 g/mol. The molecule has 0 radical (unpaired) electrons. The topological polar surface area (TPSA) is 45.4 Å². The summed E-state index contributed by atoms with van der Waals surface area (Å²) < 4.78 is 82.0. The molecule has 2 aromatic carbocycles. The van der Waals surface area contributed by atoms with Gasteiger partial charge in [-0.05, 0) is 42.7 Å². The maximum atomic E-state index is 14.2. The van der Waals surface area contributed by atoms with E-state index in [1.807, 2.05) is 0 Å². The van der Waals surface area contributed by atoms with Crippen LogP contribution in [0.25, 0.3) is 5.73 Å². The van der Waals surface area contributed by atoms with Crippen LogP contribution in [-0.2, 0) is 23.0 Å². The summed E-state index contributed by atoms with van der Waals surface area (Å²) in [6.07, 6.45) is -7.56. The Labute approximate surface area is 200 Å². The molecule has 180 valence electrons. The van der Waals surface area contributed by atoms with Gasteiger partial charge in [0.2, 0.25) is 0 Å². The Bertz CT molecular complexity index is 1040. The number of nitrogens with zero attached hydrogens (tertiary/aromatic N) is 1. The first-order valence-corrected chi connectivity index (χ1v) is 11.2. The molecule has 0 fully saturated rings.